The fourth-order valence-corrected chi connectivity index (χ4v) is 1.78. The second kappa shape index (κ2) is 4.81. The maximum Gasteiger partial charge on any atom is 0.129 e. The van der Waals surface area contributed by atoms with Gasteiger partial charge in [-0.25, -0.2) is 0 Å². The molecule has 0 saturated heterocycles. The zero-order valence-electron chi connectivity index (χ0n) is 10.2. The summed E-state index contributed by atoms with van der Waals surface area (Å²) in [5, 5.41) is 9.92. The molecule has 0 aliphatic carbocycles. The Hall–Kier alpha value is -0.523. The monoisotopic (exact) mass is 210 g/mol. The van der Waals surface area contributed by atoms with Gasteiger partial charge in [0.2, 0.25) is 0 Å². The van der Waals surface area contributed by atoms with Gasteiger partial charge in [-0.05, 0) is 20.8 Å². The third-order valence-electron chi connectivity index (χ3n) is 1.51. The zero-order chi connectivity index (χ0) is 11.4. The zero-order valence-corrected chi connectivity index (χ0v) is 11.2. The summed E-state index contributed by atoms with van der Waals surface area (Å²) in [5.74, 6) is 3.09. The minimum Gasteiger partial charge on any atom is -0.385 e. The van der Waals surface area contributed by atoms with Crippen molar-refractivity contribution in [1.29, 1.82) is 0 Å². The Labute approximate surface area is 89.2 Å². The molecule has 0 spiro atoms. The van der Waals surface area contributed by atoms with E-state index >= 15 is 0 Å². The molecule has 0 radical (unpaired) electrons. The van der Waals surface area contributed by atoms with E-state index in [1.165, 1.54) is 0 Å². The van der Waals surface area contributed by atoms with Crippen molar-refractivity contribution in [2.75, 3.05) is 0 Å². The van der Waals surface area contributed by atoms with Crippen molar-refractivity contribution in [3.63, 3.8) is 0 Å². The van der Waals surface area contributed by atoms with E-state index in [0.29, 0.717) is 6.42 Å². The summed E-state index contributed by atoms with van der Waals surface area (Å²) in [5.41, 5.74) is 3.61. The first-order valence-corrected chi connectivity index (χ1v) is 8.51. The molecule has 0 aliphatic rings. The van der Waals surface area contributed by atoms with Gasteiger partial charge in [0.05, 0.1) is 5.60 Å². The maximum atomic E-state index is 9.92. The van der Waals surface area contributed by atoms with E-state index < -0.39 is 13.7 Å². The fourth-order valence-electron chi connectivity index (χ4n) is 1.16. The lowest BCUT2D eigenvalue weighted by atomic mass is 10.0. The van der Waals surface area contributed by atoms with Gasteiger partial charge in [0.1, 0.15) is 8.07 Å². The Morgan fingerprint density at radius 3 is 2.21 bits per heavy atom. The predicted octanol–water partition coefficient (Wildman–Crippen LogP) is 2.97. The second-order valence-corrected chi connectivity index (χ2v) is 10.1. The quantitative estimate of drug-likeness (QED) is 0.422. The summed E-state index contributed by atoms with van der Waals surface area (Å²) < 4.78 is 0. The van der Waals surface area contributed by atoms with E-state index in [-0.39, 0.29) is 0 Å². The van der Waals surface area contributed by atoms with Gasteiger partial charge in [-0.3, -0.25) is 0 Å². The van der Waals surface area contributed by atoms with Crippen LogP contribution < -0.4 is 0 Å². The number of hydrogen-bond acceptors (Lipinski definition) is 1. The number of aliphatic hydroxyl groups is 1. The molecular weight excluding hydrogens is 188 g/mol. The summed E-state index contributed by atoms with van der Waals surface area (Å²) in [6.45, 7) is 12.4. The Morgan fingerprint density at radius 2 is 1.86 bits per heavy atom. The summed E-state index contributed by atoms with van der Waals surface area (Å²) in [7, 11) is -1.29. The molecular formula is C12H22OSi. The van der Waals surface area contributed by atoms with Gasteiger partial charge < -0.3 is 5.11 Å². The van der Waals surface area contributed by atoms with Crippen molar-refractivity contribution in [3.05, 3.63) is 11.6 Å². The second-order valence-electron chi connectivity index (χ2n) is 5.31. The molecule has 0 fully saturated rings. The SMILES string of the molecule is CC(C)=CC(C)(O)CC#C[Si](C)(C)C. The molecule has 1 N–H and O–H groups in total. The van der Waals surface area contributed by atoms with Crippen LogP contribution in [-0.4, -0.2) is 18.8 Å². The molecule has 0 bridgehead atoms. The molecule has 0 rings (SSSR count). The Kier molecular flexibility index (Phi) is 4.63. The van der Waals surface area contributed by atoms with Crippen LogP contribution >= 0.6 is 0 Å². The molecule has 0 aromatic rings. The lowest BCUT2D eigenvalue weighted by Gasteiger charge is -2.16. The van der Waals surface area contributed by atoms with Gasteiger partial charge in [0.15, 0.2) is 0 Å². The average Bonchev–Trinajstić information content (AvgIpc) is 1.78. The van der Waals surface area contributed by atoms with Crippen molar-refractivity contribution in [3.8, 4) is 11.5 Å². The van der Waals surface area contributed by atoms with Crippen LogP contribution in [-0.2, 0) is 0 Å². The summed E-state index contributed by atoms with van der Waals surface area (Å²) in [4.78, 5) is 0. The smallest absolute Gasteiger partial charge is 0.129 e. The van der Waals surface area contributed by atoms with E-state index in [1.54, 1.807) is 6.92 Å². The van der Waals surface area contributed by atoms with Gasteiger partial charge in [0.25, 0.3) is 0 Å². The summed E-state index contributed by atoms with van der Waals surface area (Å²) in [6, 6.07) is 0. The molecule has 2 heteroatoms. The van der Waals surface area contributed by atoms with Crippen LogP contribution in [0.25, 0.3) is 0 Å². The van der Waals surface area contributed by atoms with E-state index in [4.69, 9.17) is 0 Å². The van der Waals surface area contributed by atoms with E-state index in [0.717, 1.165) is 5.57 Å². The Bertz CT molecular complexity index is 267. The minimum atomic E-state index is -1.29. The molecule has 0 amide bonds. The molecule has 0 heterocycles. The van der Waals surface area contributed by atoms with E-state index in [2.05, 4.69) is 31.1 Å². The van der Waals surface area contributed by atoms with Crippen LogP contribution in [0.4, 0.5) is 0 Å². The highest BCUT2D eigenvalue weighted by Gasteiger charge is 2.15. The molecule has 1 nitrogen and oxygen atoms in total. The predicted molar refractivity (Wildman–Crippen MR) is 65.8 cm³/mol. The highest BCUT2D eigenvalue weighted by Crippen LogP contribution is 2.13. The number of hydrogen-bond donors (Lipinski definition) is 1. The molecule has 0 aliphatic heterocycles. The van der Waals surface area contributed by atoms with Crippen LogP contribution in [0, 0.1) is 11.5 Å². The Balaban J connectivity index is 4.38. The lowest BCUT2D eigenvalue weighted by molar-refractivity contribution is 0.117. The first-order chi connectivity index (χ1) is 6.12. The lowest BCUT2D eigenvalue weighted by Crippen LogP contribution is -2.21. The maximum absolute atomic E-state index is 9.92. The van der Waals surface area contributed by atoms with Crippen LogP contribution in [0.3, 0.4) is 0 Å². The standard InChI is InChI=1S/C12H22OSi/c1-11(2)10-12(3,13)8-7-9-14(4,5)6/h10,13H,8H2,1-6H3. The third kappa shape index (κ3) is 8.09. The molecule has 14 heavy (non-hydrogen) atoms. The van der Waals surface area contributed by atoms with Gasteiger partial charge in [-0.2, -0.15) is 0 Å². The van der Waals surface area contributed by atoms with Crippen molar-refractivity contribution in [2.24, 2.45) is 0 Å². The van der Waals surface area contributed by atoms with Gasteiger partial charge in [0, 0.05) is 6.42 Å². The largest absolute Gasteiger partial charge is 0.385 e. The van der Waals surface area contributed by atoms with Crippen molar-refractivity contribution < 1.29 is 5.11 Å². The highest BCUT2D eigenvalue weighted by atomic mass is 28.3. The Morgan fingerprint density at radius 1 is 1.36 bits per heavy atom. The molecule has 1 unspecified atom stereocenters. The van der Waals surface area contributed by atoms with Crippen molar-refractivity contribution >= 4 is 8.07 Å². The van der Waals surface area contributed by atoms with Crippen LogP contribution in [0.15, 0.2) is 11.6 Å². The van der Waals surface area contributed by atoms with Gasteiger partial charge >= 0.3 is 0 Å². The van der Waals surface area contributed by atoms with Crippen LogP contribution in [0.5, 0.6) is 0 Å². The van der Waals surface area contributed by atoms with Gasteiger partial charge in [-0.1, -0.05) is 31.3 Å². The van der Waals surface area contributed by atoms with E-state index in [9.17, 15) is 5.11 Å². The first-order valence-electron chi connectivity index (χ1n) is 5.01. The highest BCUT2D eigenvalue weighted by molar-refractivity contribution is 6.83. The molecule has 1 atom stereocenters. The average molecular weight is 210 g/mol. The first kappa shape index (κ1) is 13.5. The normalized spacial score (nSPS) is 15.1. The third-order valence-corrected chi connectivity index (χ3v) is 2.44. The van der Waals surface area contributed by atoms with Crippen molar-refractivity contribution in [1.82, 2.24) is 0 Å². The van der Waals surface area contributed by atoms with Crippen LogP contribution in [0.2, 0.25) is 19.6 Å². The molecule has 0 saturated carbocycles. The summed E-state index contributed by atoms with van der Waals surface area (Å²) >= 11 is 0. The molecule has 80 valence electrons. The van der Waals surface area contributed by atoms with Crippen LogP contribution in [0.1, 0.15) is 27.2 Å². The van der Waals surface area contributed by atoms with Crippen molar-refractivity contribution in [2.45, 2.75) is 52.4 Å². The molecule has 0 aromatic heterocycles. The topological polar surface area (TPSA) is 20.2 Å². The number of rotatable bonds is 2. The van der Waals surface area contributed by atoms with Gasteiger partial charge in [-0.15, -0.1) is 11.5 Å². The number of allylic oxidation sites excluding steroid dienone is 1. The van der Waals surface area contributed by atoms with E-state index in [1.807, 2.05) is 19.9 Å². The summed E-state index contributed by atoms with van der Waals surface area (Å²) in [6.07, 6.45) is 2.40. The minimum absolute atomic E-state index is 0.530. The fraction of sp³-hybridized carbons (Fsp3) is 0.667. The molecule has 0 aromatic carbocycles.